The molecule has 0 saturated carbocycles. The van der Waals surface area contributed by atoms with Crippen molar-refractivity contribution in [2.45, 2.75) is 12.8 Å². The smallest absolute Gasteiger partial charge is 0.142 e. The van der Waals surface area contributed by atoms with Crippen molar-refractivity contribution in [3.8, 4) is 0 Å². The molecule has 1 aliphatic heterocycles. The molecule has 1 N–H and O–H groups in total. The van der Waals surface area contributed by atoms with Crippen molar-refractivity contribution in [2.75, 3.05) is 31.6 Å². The van der Waals surface area contributed by atoms with E-state index in [2.05, 4.69) is 38.2 Å². The first-order valence-corrected chi connectivity index (χ1v) is 6.59. The van der Waals surface area contributed by atoms with Crippen LogP contribution in [-0.4, -0.2) is 31.7 Å². The van der Waals surface area contributed by atoms with Crippen LogP contribution < -0.4 is 10.2 Å². The van der Waals surface area contributed by atoms with Gasteiger partial charge in [0.15, 0.2) is 0 Å². The molecule has 1 aromatic heterocycles. The van der Waals surface area contributed by atoms with Crippen molar-refractivity contribution in [2.24, 2.45) is 5.92 Å². The summed E-state index contributed by atoms with van der Waals surface area (Å²) in [6.45, 7) is 3.38. The minimum Gasteiger partial charge on any atom is -0.358 e. The van der Waals surface area contributed by atoms with Crippen molar-refractivity contribution < 1.29 is 0 Å². The lowest BCUT2D eigenvalue weighted by Gasteiger charge is -2.28. The Bertz CT molecular complexity index is 337. The Labute approximate surface area is 105 Å². The van der Waals surface area contributed by atoms with E-state index < -0.39 is 0 Å². The molecular weight excluding hydrogens is 266 g/mol. The van der Waals surface area contributed by atoms with E-state index in [1.807, 2.05) is 18.3 Å². The molecule has 1 aromatic rings. The highest BCUT2D eigenvalue weighted by atomic mass is 79.9. The normalized spacial score (nSPS) is 20.8. The standard InChI is InChI=1S/C12H18BrN3/c1-16(9-10-4-2-6-14-8-10)12-11(13)5-3-7-15-12/h3,5,7,10,14H,2,4,6,8-9H2,1H3. The van der Waals surface area contributed by atoms with Gasteiger partial charge in [-0.25, -0.2) is 4.98 Å². The van der Waals surface area contributed by atoms with Gasteiger partial charge in [-0.1, -0.05) is 0 Å². The van der Waals surface area contributed by atoms with Crippen molar-refractivity contribution in [1.29, 1.82) is 0 Å². The number of hydrogen-bond donors (Lipinski definition) is 1. The fourth-order valence-corrected chi connectivity index (χ4v) is 2.77. The molecule has 0 aromatic carbocycles. The third-order valence-electron chi connectivity index (χ3n) is 3.03. The van der Waals surface area contributed by atoms with Crippen LogP contribution >= 0.6 is 15.9 Å². The molecule has 1 atom stereocenters. The molecule has 0 spiro atoms. The summed E-state index contributed by atoms with van der Waals surface area (Å²) in [6, 6.07) is 3.99. The summed E-state index contributed by atoms with van der Waals surface area (Å²) in [5.41, 5.74) is 0. The lowest BCUT2D eigenvalue weighted by Crippen LogP contribution is -2.37. The number of pyridine rings is 1. The van der Waals surface area contributed by atoms with Crippen molar-refractivity contribution in [3.05, 3.63) is 22.8 Å². The molecule has 16 heavy (non-hydrogen) atoms. The number of nitrogens with one attached hydrogen (secondary N) is 1. The zero-order chi connectivity index (χ0) is 11.4. The fourth-order valence-electron chi connectivity index (χ4n) is 2.21. The van der Waals surface area contributed by atoms with Crippen LogP contribution in [0.25, 0.3) is 0 Å². The van der Waals surface area contributed by atoms with Crippen LogP contribution in [0.3, 0.4) is 0 Å². The van der Waals surface area contributed by atoms with Gasteiger partial charge in [-0.05, 0) is 59.9 Å². The van der Waals surface area contributed by atoms with Crippen LogP contribution in [0, 0.1) is 5.92 Å². The largest absolute Gasteiger partial charge is 0.358 e. The van der Waals surface area contributed by atoms with Gasteiger partial charge in [0.2, 0.25) is 0 Å². The predicted octanol–water partition coefficient (Wildman–Crippen LogP) is 2.28. The summed E-state index contributed by atoms with van der Waals surface area (Å²) in [6.07, 6.45) is 4.46. The van der Waals surface area contributed by atoms with Gasteiger partial charge in [0.25, 0.3) is 0 Å². The average Bonchev–Trinajstić information content (AvgIpc) is 2.31. The lowest BCUT2D eigenvalue weighted by atomic mass is 9.99. The molecule has 4 heteroatoms. The maximum atomic E-state index is 4.40. The van der Waals surface area contributed by atoms with E-state index in [1.54, 1.807) is 0 Å². The molecule has 2 heterocycles. The van der Waals surface area contributed by atoms with Gasteiger partial charge in [-0.3, -0.25) is 0 Å². The van der Waals surface area contributed by atoms with E-state index in [0.717, 1.165) is 29.3 Å². The second kappa shape index (κ2) is 5.64. The van der Waals surface area contributed by atoms with Crippen LogP contribution in [-0.2, 0) is 0 Å². The van der Waals surface area contributed by atoms with E-state index >= 15 is 0 Å². The Morgan fingerprint density at radius 1 is 1.62 bits per heavy atom. The minimum absolute atomic E-state index is 0.743. The van der Waals surface area contributed by atoms with Gasteiger partial charge in [0.1, 0.15) is 5.82 Å². The van der Waals surface area contributed by atoms with E-state index in [9.17, 15) is 0 Å². The SMILES string of the molecule is CN(CC1CCCNC1)c1ncccc1Br. The number of rotatable bonds is 3. The van der Waals surface area contributed by atoms with Crippen LogP contribution in [0.4, 0.5) is 5.82 Å². The zero-order valence-corrected chi connectivity index (χ0v) is 11.2. The molecule has 0 radical (unpaired) electrons. The molecule has 1 fully saturated rings. The topological polar surface area (TPSA) is 28.2 Å². The highest BCUT2D eigenvalue weighted by molar-refractivity contribution is 9.10. The molecule has 3 nitrogen and oxygen atoms in total. The number of anilines is 1. The number of halogens is 1. The summed E-state index contributed by atoms with van der Waals surface area (Å²) in [5.74, 6) is 1.78. The maximum Gasteiger partial charge on any atom is 0.142 e. The van der Waals surface area contributed by atoms with Gasteiger partial charge in [0, 0.05) is 19.8 Å². The monoisotopic (exact) mass is 283 g/mol. The van der Waals surface area contributed by atoms with E-state index in [4.69, 9.17) is 0 Å². The van der Waals surface area contributed by atoms with Gasteiger partial charge in [-0.2, -0.15) is 0 Å². The van der Waals surface area contributed by atoms with Gasteiger partial charge >= 0.3 is 0 Å². The number of aromatic nitrogens is 1. The zero-order valence-electron chi connectivity index (χ0n) is 9.62. The molecule has 1 aliphatic rings. The highest BCUT2D eigenvalue weighted by Gasteiger charge is 2.16. The fraction of sp³-hybridized carbons (Fsp3) is 0.583. The molecule has 0 bridgehead atoms. The van der Waals surface area contributed by atoms with Crippen LogP contribution in [0.2, 0.25) is 0 Å². The van der Waals surface area contributed by atoms with E-state index in [1.165, 1.54) is 19.4 Å². The summed E-state index contributed by atoms with van der Waals surface area (Å²) in [5, 5.41) is 3.45. The Morgan fingerprint density at radius 3 is 3.19 bits per heavy atom. The van der Waals surface area contributed by atoms with Gasteiger partial charge in [0.05, 0.1) is 4.47 Å². The summed E-state index contributed by atoms with van der Waals surface area (Å²) >= 11 is 3.54. The first kappa shape index (κ1) is 11.9. The Hall–Kier alpha value is -0.610. The molecule has 88 valence electrons. The molecule has 2 rings (SSSR count). The minimum atomic E-state index is 0.743. The second-order valence-electron chi connectivity index (χ2n) is 4.40. The number of nitrogens with zero attached hydrogens (tertiary/aromatic N) is 2. The highest BCUT2D eigenvalue weighted by Crippen LogP contribution is 2.23. The maximum absolute atomic E-state index is 4.40. The first-order chi connectivity index (χ1) is 7.77. The van der Waals surface area contributed by atoms with Crippen molar-refractivity contribution >= 4 is 21.7 Å². The molecule has 1 unspecified atom stereocenters. The number of piperidine rings is 1. The Kier molecular flexibility index (Phi) is 4.18. The number of hydrogen-bond acceptors (Lipinski definition) is 3. The van der Waals surface area contributed by atoms with Crippen LogP contribution in [0.5, 0.6) is 0 Å². The molecular formula is C12H18BrN3. The van der Waals surface area contributed by atoms with E-state index in [0.29, 0.717) is 0 Å². The summed E-state index contributed by atoms with van der Waals surface area (Å²) in [4.78, 5) is 6.64. The second-order valence-corrected chi connectivity index (χ2v) is 5.26. The van der Waals surface area contributed by atoms with Crippen molar-refractivity contribution in [1.82, 2.24) is 10.3 Å². The Morgan fingerprint density at radius 2 is 2.50 bits per heavy atom. The molecule has 0 amide bonds. The van der Waals surface area contributed by atoms with Crippen LogP contribution in [0.1, 0.15) is 12.8 Å². The molecule has 1 saturated heterocycles. The predicted molar refractivity (Wildman–Crippen MR) is 70.8 cm³/mol. The third kappa shape index (κ3) is 2.95. The van der Waals surface area contributed by atoms with Gasteiger partial charge < -0.3 is 10.2 Å². The first-order valence-electron chi connectivity index (χ1n) is 5.80. The van der Waals surface area contributed by atoms with Crippen molar-refractivity contribution in [3.63, 3.8) is 0 Å². The average molecular weight is 284 g/mol. The van der Waals surface area contributed by atoms with Crippen LogP contribution in [0.15, 0.2) is 22.8 Å². The third-order valence-corrected chi connectivity index (χ3v) is 3.65. The van der Waals surface area contributed by atoms with E-state index in [-0.39, 0.29) is 0 Å². The lowest BCUT2D eigenvalue weighted by molar-refractivity contribution is 0.380. The quantitative estimate of drug-likeness (QED) is 0.923. The Balaban J connectivity index is 1.96. The summed E-state index contributed by atoms with van der Waals surface area (Å²) in [7, 11) is 2.11. The van der Waals surface area contributed by atoms with Gasteiger partial charge in [-0.15, -0.1) is 0 Å². The molecule has 0 aliphatic carbocycles. The summed E-state index contributed by atoms with van der Waals surface area (Å²) < 4.78 is 1.07.